The van der Waals surface area contributed by atoms with Gasteiger partial charge in [0.05, 0.1) is 23.5 Å². The molecule has 1 fully saturated rings. The van der Waals surface area contributed by atoms with Gasteiger partial charge in [-0.15, -0.1) is 17.5 Å². The van der Waals surface area contributed by atoms with E-state index in [0.29, 0.717) is 37.4 Å². The number of hydrogen-bond donors (Lipinski definition) is 3. The predicted molar refractivity (Wildman–Crippen MR) is 116 cm³/mol. The van der Waals surface area contributed by atoms with Crippen molar-refractivity contribution < 1.29 is 23.5 Å². The number of piperidine rings is 1. The lowest BCUT2D eigenvalue weighted by Crippen LogP contribution is -2.36. The summed E-state index contributed by atoms with van der Waals surface area (Å²) in [5.41, 5.74) is 0.571. The first kappa shape index (κ1) is 22.9. The van der Waals surface area contributed by atoms with Crippen molar-refractivity contribution in [3.63, 3.8) is 0 Å². The second-order valence-corrected chi connectivity index (χ2v) is 6.98. The van der Waals surface area contributed by atoms with Crippen molar-refractivity contribution in [1.82, 2.24) is 15.2 Å². The van der Waals surface area contributed by atoms with Crippen LogP contribution in [0.25, 0.3) is 0 Å². The molecular weight excluding hydrogens is 443 g/mol. The van der Waals surface area contributed by atoms with Crippen molar-refractivity contribution in [1.29, 1.82) is 0 Å². The van der Waals surface area contributed by atoms with E-state index in [1.54, 1.807) is 24.3 Å². The summed E-state index contributed by atoms with van der Waals surface area (Å²) in [6, 6.07) is 9.26. The number of pyridine rings is 1. The summed E-state index contributed by atoms with van der Waals surface area (Å²) in [7, 11) is 0. The molecule has 0 spiro atoms. The first-order valence-corrected chi connectivity index (χ1v) is 9.60. The number of carboxylic acids is 1. The molecular formula is C20H20ClFN6O4. The third kappa shape index (κ3) is 5.30. The van der Waals surface area contributed by atoms with Crippen molar-refractivity contribution in [2.45, 2.75) is 12.8 Å². The first-order chi connectivity index (χ1) is 15.0. The fraction of sp³-hybridized carbons (Fsp3) is 0.250. The second-order valence-electron chi connectivity index (χ2n) is 6.98. The molecule has 32 heavy (non-hydrogen) atoms. The smallest absolute Gasteiger partial charge is 0.320 e. The number of nitrogens with one attached hydrogen (secondary N) is 2. The number of amides is 1. The molecule has 3 N–H and O–H groups in total. The lowest BCUT2D eigenvalue weighted by molar-refractivity contribution is -0.142. The van der Waals surface area contributed by atoms with Crippen LogP contribution in [0.15, 0.2) is 47.0 Å². The summed E-state index contributed by atoms with van der Waals surface area (Å²) in [5, 5.41) is 21.7. The first-order valence-electron chi connectivity index (χ1n) is 9.60. The number of hydrogen-bond acceptors (Lipinski definition) is 8. The molecule has 0 aliphatic carbocycles. The molecule has 1 aliphatic rings. The van der Waals surface area contributed by atoms with E-state index in [4.69, 9.17) is 9.52 Å². The number of anilines is 4. The normalized spacial score (nSPS) is 13.8. The van der Waals surface area contributed by atoms with E-state index in [2.05, 4.69) is 25.8 Å². The maximum absolute atomic E-state index is 13.7. The van der Waals surface area contributed by atoms with Crippen molar-refractivity contribution in [2.75, 3.05) is 28.6 Å². The minimum Gasteiger partial charge on any atom is -0.481 e. The fourth-order valence-corrected chi connectivity index (χ4v) is 3.23. The molecule has 3 heterocycles. The Kier molecular flexibility index (Phi) is 7.21. The molecule has 10 nitrogen and oxygen atoms in total. The van der Waals surface area contributed by atoms with Gasteiger partial charge in [-0.3, -0.25) is 9.59 Å². The van der Waals surface area contributed by atoms with Crippen LogP contribution in [0.5, 0.6) is 0 Å². The topological polar surface area (TPSA) is 133 Å². The maximum atomic E-state index is 13.7. The van der Waals surface area contributed by atoms with Gasteiger partial charge in [-0.1, -0.05) is 17.2 Å². The molecule has 168 valence electrons. The van der Waals surface area contributed by atoms with Gasteiger partial charge in [0, 0.05) is 13.1 Å². The van der Waals surface area contributed by atoms with Crippen LogP contribution in [0.3, 0.4) is 0 Å². The highest BCUT2D eigenvalue weighted by Gasteiger charge is 2.25. The van der Waals surface area contributed by atoms with Crippen molar-refractivity contribution in [2.24, 2.45) is 5.92 Å². The molecule has 0 unspecified atom stereocenters. The molecule has 1 aliphatic heterocycles. The minimum absolute atomic E-state index is 0. The molecule has 4 rings (SSSR count). The molecule has 0 atom stereocenters. The number of carboxylic acid groups (broad SMARTS) is 1. The van der Waals surface area contributed by atoms with E-state index in [1.165, 1.54) is 18.3 Å². The summed E-state index contributed by atoms with van der Waals surface area (Å²) in [4.78, 5) is 29.7. The van der Waals surface area contributed by atoms with E-state index in [0.717, 1.165) is 0 Å². The Morgan fingerprint density at radius 2 is 1.88 bits per heavy atom. The number of aromatic nitrogens is 3. The molecule has 1 aromatic carbocycles. The van der Waals surface area contributed by atoms with Crippen molar-refractivity contribution in [3.8, 4) is 0 Å². The van der Waals surface area contributed by atoms with E-state index in [-0.39, 0.29) is 35.9 Å². The van der Waals surface area contributed by atoms with Gasteiger partial charge in [0.1, 0.15) is 11.6 Å². The van der Waals surface area contributed by atoms with Crippen LogP contribution in [0.1, 0.15) is 23.5 Å². The molecule has 12 heteroatoms. The van der Waals surface area contributed by atoms with Crippen LogP contribution in [0, 0.1) is 11.7 Å². The molecule has 0 bridgehead atoms. The lowest BCUT2D eigenvalue weighted by atomic mass is 9.97. The Bertz CT molecular complexity index is 1090. The molecule has 2 aromatic heterocycles. The number of nitrogens with zero attached hydrogens (tertiary/aromatic N) is 4. The van der Waals surface area contributed by atoms with Gasteiger partial charge in [-0.05, 0) is 37.1 Å². The Morgan fingerprint density at radius 3 is 2.53 bits per heavy atom. The number of rotatable bonds is 6. The fourth-order valence-electron chi connectivity index (χ4n) is 3.23. The van der Waals surface area contributed by atoms with E-state index >= 15 is 0 Å². The van der Waals surface area contributed by atoms with Gasteiger partial charge in [-0.25, -0.2) is 9.37 Å². The third-order valence-corrected chi connectivity index (χ3v) is 4.91. The number of aliphatic carboxylic acids is 1. The number of para-hydroxylation sites is 1. The van der Waals surface area contributed by atoms with Gasteiger partial charge in [0.25, 0.3) is 0 Å². The maximum Gasteiger partial charge on any atom is 0.320 e. The summed E-state index contributed by atoms with van der Waals surface area (Å²) in [6.07, 6.45) is 2.62. The molecule has 3 aromatic rings. The second kappa shape index (κ2) is 10.1. The third-order valence-electron chi connectivity index (χ3n) is 4.91. The number of halogens is 2. The largest absolute Gasteiger partial charge is 0.481 e. The van der Waals surface area contributed by atoms with Crippen LogP contribution in [-0.4, -0.2) is 45.3 Å². The average molecular weight is 463 g/mol. The Balaban J connectivity index is 0.00000289. The van der Waals surface area contributed by atoms with E-state index in [9.17, 15) is 14.0 Å². The standard InChI is InChI=1S/C20H19FN6O4.ClH/c21-14-3-1-2-4-15(14)24-20-26-25-18(31-20)17(28)23-13-5-6-16(22-11-13)27-9-7-12(8-10-27)19(29)30;/h1-6,11-12H,7-10H2,(H,23,28)(H,24,26)(H,29,30);1H. The lowest BCUT2D eigenvalue weighted by Gasteiger charge is -2.31. The van der Waals surface area contributed by atoms with Crippen LogP contribution in [-0.2, 0) is 4.79 Å². The molecule has 1 amide bonds. The van der Waals surface area contributed by atoms with Crippen molar-refractivity contribution >= 4 is 47.5 Å². The van der Waals surface area contributed by atoms with Gasteiger partial charge in [0.2, 0.25) is 0 Å². The summed E-state index contributed by atoms with van der Waals surface area (Å²) in [6.45, 7) is 1.21. The van der Waals surface area contributed by atoms with Crippen LogP contribution in [0.2, 0.25) is 0 Å². The Morgan fingerprint density at radius 1 is 1.12 bits per heavy atom. The quantitative estimate of drug-likeness (QED) is 0.504. The molecule has 1 saturated heterocycles. The zero-order chi connectivity index (χ0) is 21.8. The summed E-state index contributed by atoms with van der Waals surface area (Å²) < 4.78 is 18.9. The van der Waals surface area contributed by atoms with Crippen LogP contribution in [0.4, 0.5) is 27.6 Å². The zero-order valence-electron chi connectivity index (χ0n) is 16.7. The highest BCUT2D eigenvalue weighted by Crippen LogP contribution is 2.23. The summed E-state index contributed by atoms with van der Waals surface area (Å²) >= 11 is 0. The van der Waals surface area contributed by atoms with Crippen LogP contribution < -0.4 is 15.5 Å². The van der Waals surface area contributed by atoms with Gasteiger partial charge < -0.3 is 25.1 Å². The van der Waals surface area contributed by atoms with E-state index < -0.39 is 17.7 Å². The number of carbonyl (C=O) groups excluding carboxylic acids is 1. The van der Waals surface area contributed by atoms with Crippen molar-refractivity contribution in [3.05, 3.63) is 54.3 Å². The van der Waals surface area contributed by atoms with Crippen LogP contribution >= 0.6 is 12.4 Å². The van der Waals surface area contributed by atoms with Gasteiger partial charge in [0.15, 0.2) is 0 Å². The summed E-state index contributed by atoms with van der Waals surface area (Å²) in [5.74, 6) is -1.80. The minimum atomic E-state index is -0.765. The van der Waals surface area contributed by atoms with Gasteiger partial charge in [-0.2, -0.15) is 0 Å². The predicted octanol–water partition coefficient (Wildman–Crippen LogP) is 3.32. The Labute approximate surface area is 188 Å². The Hall–Kier alpha value is -3.73. The average Bonchev–Trinajstić information content (AvgIpc) is 3.25. The highest BCUT2D eigenvalue weighted by molar-refractivity contribution is 6.00. The SMILES string of the molecule is Cl.O=C(Nc1ccc(N2CCC(C(=O)O)CC2)nc1)c1nnc(Nc2ccccc2F)o1. The monoisotopic (exact) mass is 462 g/mol. The molecule has 0 saturated carbocycles. The number of benzene rings is 1. The van der Waals surface area contributed by atoms with E-state index in [1.807, 2.05) is 4.90 Å². The molecule has 0 radical (unpaired) electrons. The zero-order valence-corrected chi connectivity index (χ0v) is 17.5. The number of carbonyl (C=O) groups is 2. The van der Waals surface area contributed by atoms with Gasteiger partial charge >= 0.3 is 23.8 Å². The highest BCUT2D eigenvalue weighted by atomic mass is 35.5.